The van der Waals surface area contributed by atoms with Gasteiger partial charge in [0.05, 0.1) is 5.69 Å². The van der Waals surface area contributed by atoms with Gasteiger partial charge in [-0.3, -0.25) is 9.59 Å². The molecule has 0 aliphatic rings. The molecule has 6 heteroatoms. The van der Waals surface area contributed by atoms with Gasteiger partial charge < -0.3 is 16.2 Å². The van der Waals surface area contributed by atoms with Crippen molar-refractivity contribution < 1.29 is 19.1 Å². The summed E-state index contributed by atoms with van der Waals surface area (Å²) >= 11 is 0. The molecular weight excluding hydrogens is 275 g/mol. The number of benzene rings is 1. The van der Waals surface area contributed by atoms with Crippen LogP contribution in [-0.2, 0) is 4.79 Å². The minimum atomic E-state index is -0.797. The number of primary amides is 1. The summed E-state index contributed by atoms with van der Waals surface area (Å²) in [5.74, 6) is -1.69. The first-order valence-electron chi connectivity index (χ1n) is 6.99. The molecule has 1 aromatic rings. The number of carboxylic acid groups (broad SMARTS) is 1. The number of hydrogen-bond acceptors (Lipinski definition) is 3. The van der Waals surface area contributed by atoms with Gasteiger partial charge in [-0.25, -0.2) is 4.39 Å². The van der Waals surface area contributed by atoms with E-state index in [1.54, 1.807) is 0 Å². The second-order valence-electron chi connectivity index (χ2n) is 4.98. The fraction of sp³-hybridized carbons (Fsp3) is 0.467. The summed E-state index contributed by atoms with van der Waals surface area (Å²) in [5.41, 5.74) is 5.52. The Morgan fingerprint density at radius 3 is 2.62 bits per heavy atom. The molecule has 116 valence electrons. The minimum absolute atomic E-state index is 0.131. The summed E-state index contributed by atoms with van der Waals surface area (Å²) in [4.78, 5) is 21.5. The van der Waals surface area contributed by atoms with E-state index < -0.39 is 17.7 Å². The van der Waals surface area contributed by atoms with Gasteiger partial charge in [0.1, 0.15) is 5.82 Å². The van der Waals surface area contributed by atoms with Crippen molar-refractivity contribution in [1.29, 1.82) is 0 Å². The molecule has 0 aliphatic heterocycles. The number of carbonyl (C=O) groups excluding carboxylic acids is 1. The Morgan fingerprint density at radius 1 is 1.38 bits per heavy atom. The van der Waals surface area contributed by atoms with E-state index in [4.69, 9.17) is 10.8 Å². The lowest BCUT2D eigenvalue weighted by atomic mass is 9.96. The normalized spacial score (nSPS) is 11.9. The van der Waals surface area contributed by atoms with Gasteiger partial charge in [-0.1, -0.05) is 13.3 Å². The maximum atomic E-state index is 13.7. The Bertz CT molecular complexity index is 506. The number of amides is 1. The van der Waals surface area contributed by atoms with Crippen LogP contribution in [0.25, 0.3) is 0 Å². The monoisotopic (exact) mass is 296 g/mol. The molecule has 21 heavy (non-hydrogen) atoms. The van der Waals surface area contributed by atoms with Crippen molar-refractivity contribution in [2.24, 2.45) is 11.7 Å². The molecule has 0 saturated carbocycles. The van der Waals surface area contributed by atoms with Crippen LogP contribution >= 0.6 is 0 Å². The molecule has 0 saturated heterocycles. The molecule has 1 unspecified atom stereocenters. The number of nitrogens with one attached hydrogen (secondary N) is 1. The molecule has 1 amide bonds. The van der Waals surface area contributed by atoms with E-state index in [1.807, 2.05) is 6.92 Å². The van der Waals surface area contributed by atoms with E-state index in [0.29, 0.717) is 24.6 Å². The Hall–Kier alpha value is -2.11. The molecule has 1 atom stereocenters. The molecule has 1 rings (SSSR count). The Balaban J connectivity index is 2.47. The molecule has 0 aromatic heterocycles. The summed E-state index contributed by atoms with van der Waals surface area (Å²) < 4.78 is 13.7. The first-order chi connectivity index (χ1) is 9.93. The van der Waals surface area contributed by atoms with Crippen LogP contribution in [0.2, 0.25) is 0 Å². The SMILES string of the molecule is CCC(CCNc1ccc(C(N)=O)cc1F)CCC(=O)O. The average molecular weight is 296 g/mol. The number of carbonyl (C=O) groups is 2. The van der Waals surface area contributed by atoms with Crippen molar-refractivity contribution in [3.63, 3.8) is 0 Å². The molecular formula is C15H21FN2O3. The predicted octanol–water partition coefficient (Wildman–Crippen LogP) is 2.62. The molecule has 0 aliphatic carbocycles. The highest BCUT2D eigenvalue weighted by atomic mass is 19.1. The fourth-order valence-corrected chi connectivity index (χ4v) is 2.10. The second-order valence-corrected chi connectivity index (χ2v) is 4.98. The number of halogens is 1. The highest BCUT2D eigenvalue weighted by molar-refractivity contribution is 5.93. The lowest BCUT2D eigenvalue weighted by molar-refractivity contribution is -0.137. The first kappa shape index (κ1) is 16.9. The summed E-state index contributed by atoms with van der Waals surface area (Å²) in [6.07, 6.45) is 2.43. The Morgan fingerprint density at radius 2 is 2.10 bits per heavy atom. The van der Waals surface area contributed by atoms with Gasteiger partial charge in [-0.2, -0.15) is 0 Å². The van der Waals surface area contributed by atoms with E-state index in [9.17, 15) is 14.0 Å². The number of aliphatic carboxylic acids is 1. The summed E-state index contributed by atoms with van der Waals surface area (Å²) in [7, 11) is 0. The Labute approximate surface area is 123 Å². The first-order valence-corrected chi connectivity index (χ1v) is 6.99. The van der Waals surface area contributed by atoms with Crippen molar-refractivity contribution >= 4 is 17.6 Å². The average Bonchev–Trinajstić information content (AvgIpc) is 2.43. The zero-order valence-electron chi connectivity index (χ0n) is 12.1. The third-order valence-corrected chi connectivity index (χ3v) is 3.47. The summed E-state index contributed by atoms with van der Waals surface area (Å²) in [5, 5.41) is 11.6. The van der Waals surface area contributed by atoms with E-state index in [2.05, 4.69) is 5.32 Å². The lowest BCUT2D eigenvalue weighted by Crippen LogP contribution is -2.13. The third-order valence-electron chi connectivity index (χ3n) is 3.47. The van der Waals surface area contributed by atoms with E-state index in [1.165, 1.54) is 12.1 Å². The molecule has 5 nitrogen and oxygen atoms in total. The van der Waals surface area contributed by atoms with Gasteiger partial charge >= 0.3 is 5.97 Å². The number of hydrogen-bond donors (Lipinski definition) is 3. The van der Waals surface area contributed by atoms with Gasteiger partial charge in [0.25, 0.3) is 0 Å². The van der Waals surface area contributed by atoms with Crippen LogP contribution in [0.4, 0.5) is 10.1 Å². The highest BCUT2D eigenvalue weighted by Crippen LogP contribution is 2.18. The number of anilines is 1. The molecule has 0 fully saturated rings. The van der Waals surface area contributed by atoms with E-state index in [0.717, 1.165) is 18.9 Å². The highest BCUT2D eigenvalue weighted by Gasteiger charge is 2.10. The van der Waals surface area contributed by atoms with Gasteiger partial charge in [0.15, 0.2) is 0 Å². The summed E-state index contributed by atoms with van der Waals surface area (Å²) in [6, 6.07) is 4.05. The molecule has 0 spiro atoms. The van der Waals surface area contributed by atoms with E-state index >= 15 is 0 Å². The van der Waals surface area contributed by atoms with Crippen LogP contribution in [0, 0.1) is 11.7 Å². The zero-order chi connectivity index (χ0) is 15.8. The minimum Gasteiger partial charge on any atom is -0.481 e. The van der Waals surface area contributed by atoms with Crippen molar-refractivity contribution in [2.75, 3.05) is 11.9 Å². The van der Waals surface area contributed by atoms with Gasteiger partial charge in [0.2, 0.25) is 5.91 Å². The quantitative estimate of drug-likeness (QED) is 0.653. The van der Waals surface area contributed by atoms with Crippen molar-refractivity contribution in [3.8, 4) is 0 Å². The lowest BCUT2D eigenvalue weighted by Gasteiger charge is -2.15. The standard InChI is InChI=1S/C15H21FN2O3/c1-2-10(3-6-14(19)20)7-8-18-13-5-4-11(15(17)21)9-12(13)16/h4-5,9-10,18H,2-3,6-8H2,1H3,(H2,17,21)(H,19,20). The molecule has 0 bridgehead atoms. The largest absolute Gasteiger partial charge is 0.481 e. The van der Waals surface area contributed by atoms with Crippen molar-refractivity contribution in [1.82, 2.24) is 0 Å². The topological polar surface area (TPSA) is 92.4 Å². The molecule has 0 heterocycles. The maximum absolute atomic E-state index is 13.7. The zero-order valence-corrected chi connectivity index (χ0v) is 12.1. The van der Waals surface area contributed by atoms with Crippen molar-refractivity contribution in [2.45, 2.75) is 32.6 Å². The number of nitrogens with two attached hydrogens (primary N) is 1. The van der Waals surface area contributed by atoms with Gasteiger partial charge in [-0.15, -0.1) is 0 Å². The molecule has 0 radical (unpaired) electrons. The second kappa shape index (κ2) is 8.24. The Kier molecular flexibility index (Phi) is 6.65. The van der Waals surface area contributed by atoms with Crippen molar-refractivity contribution in [3.05, 3.63) is 29.6 Å². The third kappa shape index (κ3) is 5.81. The van der Waals surface area contributed by atoms with Crippen LogP contribution in [0.15, 0.2) is 18.2 Å². The van der Waals surface area contributed by atoms with Crippen LogP contribution < -0.4 is 11.1 Å². The van der Waals surface area contributed by atoms with Gasteiger partial charge in [0, 0.05) is 18.5 Å². The smallest absolute Gasteiger partial charge is 0.303 e. The molecule has 4 N–H and O–H groups in total. The summed E-state index contributed by atoms with van der Waals surface area (Å²) in [6.45, 7) is 2.56. The fourth-order valence-electron chi connectivity index (χ4n) is 2.10. The molecule has 1 aromatic carbocycles. The van der Waals surface area contributed by atoms with Crippen LogP contribution in [-0.4, -0.2) is 23.5 Å². The van der Waals surface area contributed by atoms with Crippen LogP contribution in [0.1, 0.15) is 43.0 Å². The number of carboxylic acids is 1. The van der Waals surface area contributed by atoms with Crippen LogP contribution in [0.3, 0.4) is 0 Å². The maximum Gasteiger partial charge on any atom is 0.303 e. The predicted molar refractivity (Wildman–Crippen MR) is 78.7 cm³/mol. The van der Waals surface area contributed by atoms with Gasteiger partial charge in [-0.05, 0) is 37.0 Å². The number of rotatable bonds is 9. The van der Waals surface area contributed by atoms with E-state index in [-0.39, 0.29) is 12.0 Å². The van der Waals surface area contributed by atoms with Crippen LogP contribution in [0.5, 0.6) is 0 Å².